The molecule has 0 bridgehead atoms. The van der Waals surface area contributed by atoms with Gasteiger partial charge >= 0.3 is 0 Å². The van der Waals surface area contributed by atoms with Crippen LogP contribution in [0.1, 0.15) is 31.5 Å². The molecule has 1 aromatic rings. The SMILES string of the molecule is CC(=O)C1=CC(c2[nH]nc(OCCO)c2C)=C(C)C2CC12. The molecule has 1 saturated carbocycles. The first-order valence-electron chi connectivity index (χ1n) is 7.26. The van der Waals surface area contributed by atoms with Crippen LogP contribution in [0.3, 0.4) is 0 Å². The number of aliphatic hydroxyl groups is 1. The summed E-state index contributed by atoms with van der Waals surface area (Å²) < 4.78 is 5.40. The highest BCUT2D eigenvalue weighted by Gasteiger charge is 2.45. The van der Waals surface area contributed by atoms with Crippen LogP contribution in [-0.2, 0) is 4.79 Å². The lowest BCUT2D eigenvalue weighted by atomic mass is 9.89. The molecule has 2 aliphatic carbocycles. The first kappa shape index (κ1) is 14.1. The van der Waals surface area contributed by atoms with Crippen molar-refractivity contribution in [2.45, 2.75) is 27.2 Å². The van der Waals surface area contributed by atoms with Crippen molar-refractivity contribution in [1.29, 1.82) is 0 Å². The van der Waals surface area contributed by atoms with Crippen molar-refractivity contribution in [3.8, 4) is 5.88 Å². The zero-order valence-corrected chi connectivity index (χ0v) is 12.6. The Morgan fingerprint density at radius 3 is 2.90 bits per heavy atom. The highest BCUT2D eigenvalue weighted by Crippen LogP contribution is 2.54. The van der Waals surface area contributed by atoms with Crippen molar-refractivity contribution in [3.63, 3.8) is 0 Å². The van der Waals surface area contributed by atoms with Gasteiger partial charge in [0.05, 0.1) is 12.3 Å². The van der Waals surface area contributed by atoms with E-state index in [0.717, 1.165) is 28.8 Å². The van der Waals surface area contributed by atoms with Crippen LogP contribution in [0.2, 0.25) is 0 Å². The van der Waals surface area contributed by atoms with E-state index >= 15 is 0 Å². The number of ether oxygens (including phenoxy) is 1. The molecule has 5 nitrogen and oxygen atoms in total. The Morgan fingerprint density at radius 2 is 2.24 bits per heavy atom. The number of fused-ring (bicyclic) bond motifs is 1. The lowest BCUT2D eigenvalue weighted by Crippen LogP contribution is -2.07. The normalized spacial score (nSPS) is 23.7. The first-order valence-corrected chi connectivity index (χ1v) is 7.26. The summed E-state index contributed by atoms with van der Waals surface area (Å²) in [5.41, 5.74) is 5.11. The number of ketones is 1. The Morgan fingerprint density at radius 1 is 1.48 bits per heavy atom. The highest BCUT2D eigenvalue weighted by molar-refractivity contribution is 5.99. The van der Waals surface area contributed by atoms with Crippen LogP contribution >= 0.6 is 0 Å². The number of carbonyl (C=O) groups excluding carboxylic acids is 1. The Bertz CT molecular complexity index is 654. The van der Waals surface area contributed by atoms with Gasteiger partial charge in [0.25, 0.3) is 0 Å². The van der Waals surface area contributed by atoms with Gasteiger partial charge in [-0.05, 0) is 56.3 Å². The van der Waals surface area contributed by atoms with Crippen LogP contribution in [0.5, 0.6) is 5.88 Å². The summed E-state index contributed by atoms with van der Waals surface area (Å²) in [7, 11) is 0. The number of hydrogen-bond donors (Lipinski definition) is 2. The van der Waals surface area contributed by atoms with Gasteiger partial charge in [-0.2, -0.15) is 0 Å². The molecule has 1 heterocycles. The summed E-state index contributed by atoms with van der Waals surface area (Å²) in [5, 5.41) is 16.0. The van der Waals surface area contributed by atoms with Gasteiger partial charge in [0.2, 0.25) is 5.88 Å². The smallest absolute Gasteiger partial charge is 0.236 e. The quantitative estimate of drug-likeness (QED) is 0.869. The number of H-pyrrole nitrogens is 1. The summed E-state index contributed by atoms with van der Waals surface area (Å²) in [6.07, 6.45) is 3.07. The van der Waals surface area contributed by atoms with E-state index in [9.17, 15) is 4.79 Å². The van der Waals surface area contributed by atoms with Gasteiger partial charge in [0.1, 0.15) is 6.61 Å². The Balaban J connectivity index is 1.98. The molecular weight excluding hydrogens is 268 g/mol. The number of aromatic amines is 1. The third kappa shape index (κ3) is 2.31. The van der Waals surface area contributed by atoms with Crippen LogP contribution in [0.25, 0.3) is 5.57 Å². The molecule has 0 spiro atoms. The summed E-state index contributed by atoms with van der Waals surface area (Å²) in [6.45, 7) is 5.88. The van der Waals surface area contributed by atoms with Gasteiger partial charge in [0.15, 0.2) is 5.78 Å². The van der Waals surface area contributed by atoms with Crippen molar-refractivity contribution < 1.29 is 14.6 Å². The molecule has 5 heteroatoms. The van der Waals surface area contributed by atoms with Gasteiger partial charge in [-0.1, -0.05) is 5.57 Å². The minimum atomic E-state index is -0.0402. The number of Topliss-reactive ketones (excluding diaryl/α,β-unsaturated/α-hetero) is 1. The molecule has 0 amide bonds. The fraction of sp³-hybridized carbons (Fsp3) is 0.500. The van der Waals surface area contributed by atoms with E-state index in [-0.39, 0.29) is 19.0 Å². The third-order valence-electron chi connectivity index (χ3n) is 4.44. The maximum Gasteiger partial charge on any atom is 0.236 e. The molecule has 2 N–H and O–H groups in total. The molecule has 0 radical (unpaired) electrons. The van der Waals surface area contributed by atoms with Crippen molar-refractivity contribution in [3.05, 3.63) is 28.5 Å². The molecule has 0 aliphatic heterocycles. The molecule has 2 atom stereocenters. The Labute approximate surface area is 123 Å². The molecule has 112 valence electrons. The van der Waals surface area contributed by atoms with E-state index in [2.05, 4.69) is 17.1 Å². The highest BCUT2D eigenvalue weighted by atomic mass is 16.5. The predicted molar refractivity (Wildman–Crippen MR) is 78.9 cm³/mol. The summed E-state index contributed by atoms with van der Waals surface area (Å²) in [6, 6.07) is 0. The van der Waals surface area contributed by atoms with E-state index in [0.29, 0.717) is 17.7 Å². The molecular formula is C16H20N2O3. The lowest BCUT2D eigenvalue weighted by molar-refractivity contribution is -0.113. The lowest BCUT2D eigenvalue weighted by Gasteiger charge is -2.15. The molecule has 0 saturated heterocycles. The standard InChI is InChI=1S/C16H20N2O3/c1-8-11-6-14(11)13(10(3)20)7-12(8)15-9(2)16(18-17-15)21-5-4-19/h7,11,14,19H,4-6H2,1-3H3,(H,17,18). The first-order chi connectivity index (χ1) is 10.0. The molecule has 21 heavy (non-hydrogen) atoms. The number of carbonyl (C=O) groups is 1. The van der Waals surface area contributed by atoms with E-state index in [4.69, 9.17) is 9.84 Å². The summed E-state index contributed by atoms with van der Waals surface area (Å²) >= 11 is 0. The summed E-state index contributed by atoms with van der Waals surface area (Å²) in [4.78, 5) is 11.8. The molecule has 1 aromatic heterocycles. The maximum absolute atomic E-state index is 11.8. The minimum Gasteiger partial charge on any atom is -0.474 e. The van der Waals surface area contributed by atoms with Crippen LogP contribution in [0.4, 0.5) is 0 Å². The van der Waals surface area contributed by atoms with Crippen molar-refractivity contribution in [2.24, 2.45) is 11.8 Å². The summed E-state index contributed by atoms with van der Waals surface area (Å²) in [5.74, 6) is 1.57. The number of aromatic nitrogens is 2. The van der Waals surface area contributed by atoms with Gasteiger partial charge in [0, 0.05) is 5.56 Å². The number of hydrogen-bond acceptors (Lipinski definition) is 4. The van der Waals surface area contributed by atoms with Crippen molar-refractivity contribution in [1.82, 2.24) is 10.2 Å². The van der Waals surface area contributed by atoms with E-state index < -0.39 is 0 Å². The Hall–Kier alpha value is -1.88. The average Bonchev–Trinajstić information content (AvgIpc) is 3.17. The largest absolute Gasteiger partial charge is 0.474 e. The van der Waals surface area contributed by atoms with Gasteiger partial charge in [-0.15, -0.1) is 5.10 Å². The van der Waals surface area contributed by atoms with E-state index in [1.54, 1.807) is 6.92 Å². The number of nitrogens with one attached hydrogen (secondary N) is 1. The predicted octanol–water partition coefficient (Wildman–Crippen LogP) is 2.03. The van der Waals surface area contributed by atoms with Gasteiger partial charge < -0.3 is 9.84 Å². The topological polar surface area (TPSA) is 75.2 Å². The fourth-order valence-corrected chi connectivity index (χ4v) is 3.15. The second-order valence-electron chi connectivity index (χ2n) is 5.80. The molecule has 3 rings (SSSR count). The zero-order chi connectivity index (χ0) is 15.1. The number of allylic oxidation sites excluding steroid dienone is 4. The number of nitrogens with zero attached hydrogens (tertiary/aromatic N) is 1. The van der Waals surface area contributed by atoms with E-state index in [1.807, 2.05) is 13.0 Å². The molecule has 0 aromatic carbocycles. The second-order valence-corrected chi connectivity index (χ2v) is 5.80. The molecule has 2 aliphatic rings. The average molecular weight is 288 g/mol. The van der Waals surface area contributed by atoms with Gasteiger partial charge in [-0.3, -0.25) is 9.89 Å². The minimum absolute atomic E-state index is 0.0402. The van der Waals surface area contributed by atoms with Gasteiger partial charge in [-0.25, -0.2) is 0 Å². The van der Waals surface area contributed by atoms with Crippen LogP contribution in [0.15, 0.2) is 17.2 Å². The zero-order valence-electron chi connectivity index (χ0n) is 12.6. The van der Waals surface area contributed by atoms with E-state index in [1.165, 1.54) is 5.57 Å². The van der Waals surface area contributed by atoms with Crippen molar-refractivity contribution >= 4 is 11.4 Å². The van der Waals surface area contributed by atoms with Crippen LogP contribution < -0.4 is 4.74 Å². The molecule has 2 unspecified atom stereocenters. The number of rotatable bonds is 5. The third-order valence-corrected chi connectivity index (χ3v) is 4.44. The van der Waals surface area contributed by atoms with Crippen LogP contribution in [0, 0.1) is 18.8 Å². The van der Waals surface area contributed by atoms with Crippen LogP contribution in [-0.4, -0.2) is 34.3 Å². The monoisotopic (exact) mass is 288 g/mol. The Kier molecular flexibility index (Phi) is 3.45. The number of aliphatic hydroxyl groups excluding tert-OH is 1. The maximum atomic E-state index is 11.8. The fourth-order valence-electron chi connectivity index (χ4n) is 3.15. The van der Waals surface area contributed by atoms with Crippen molar-refractivity contribution in [2.75, 3.05) is 13.2 Å². The molecule has 1 fully saturated rings. The second kappa shape index (κ2) is 5.15.